The predicted molar refractivity (Wildman–Crippen MR) is 45.0 cm³/mol. The molecule has 0 aromatic heterocycles. The Morgan fingerprint density at radius 3 is 2.56 bits per heavy atom. The average molecular weight is 144 g/mol. The molecule has 0 spiro atoms. The second-order valence-corrected chi connectivity index (χ2v) is 3.71. The van der Waals surface area contributed by atoms with Gasteiger partial charge in [-0.05, 0) is 25.2 Å². The summed E-state index contributed by atoms with van der Waals surface area (Å²) >= 11 is 4.54. The van der Waals surface area contributed by atoms with Gasteiger partial charge in [-0.15, -0.1) is 0 Å². The fraction of sp³-hybridized carbons (Fsp3) is 1.00. The van der Waals surface area contributed by atoms with Gasteiger partial charge in [-0.2, -0.15) is 12.6 Å². The monoisotopic (exact) mass is 144 g/mol. The van der Waals surface area contributed by atoms with Gasteiger partial charge in [-0.1, -0.05) is 19.8 Å². The van der Waals surface area contributed by atoms with E-state index in [0.29, 0.717) is 5.25 Å². The number of hydrogen-bond acceptors (Lipinski definition) is 1. The van der Waals surface area contributed by atoms with Crippen molar-refractivity contribution in [3.05, 3.63) is 0 Å². The van der Waals surface area contributed by atoms with Gasteiger partial charge in [0, 0.05) is 5.25 Å². The molecule has 0 aliphatic heterocycles. The van der Waals surface area contributed by atoms with E-state index in [1.807, 2.05) is 0 Å². The minimum atomic E-state index is 0.712. The van der Waals surface area contributed by atoms with Crippen LogP contribution in [-0.4, -0.2) is 5.25 Å². The Hall–Kier alpha value is 0.350. The Morgan fingerprint density at radius 1 is 1.56 bits per heavy atom. The summed E-state index contributed by atoms with van der Waals surface area (Å²) in [7, 11) is 0. The van der Waals surface area contributed by atoms with Gasteiger partial charge < -0.3 is 0 Å². The van der Waals surface area contributed by atoms with Crippen LogP contribution in [0.4, 0.5) is 0 Å². The maximum absolute atomic E-state index is 4.54. The smallest absolute Gasteiger partial charge is 0.00449 e. The van der Waals surface area contributed by atoms with Gasteiger partial charge in [0.1, 0.15) is 0 Å². The quantitative estimate of drug-likeness (QED) is 0.578. The zero-order valence-corrected chi connectivity index (χ0v) is 7.03. The molecular weight excluding hydrogens is 128 g/mol. The highest BCUT2D eigenvalue weighted by molar-refractivity contribution is 7.81. The lowest BCUT2D eigenvalue weighted by molar-refractivity contribution is 0.299. The average Bonchev–Trinajstić information content (AvgIpc) is 1.60. The third kappa shape index (κ3) is 1.89. The molecule has 1 aliphatic carbocycles. The van der Waals surface area contributed by atoms with E-state index < -0.39 is 0 Å². The van der Waals surface area contributed by atoms with Crippen LogP contribution in [0.25, 0.3) is 0 Å². The minimum absolute atomic E-state index is 0.712. The van der Waals surface area contributed by atoms with Crippen molar-refractivity contribution in [1.29, 1.82) is 0 Å². The first kappa shape index (κ1) is 7.46. The summed E-state index contributed by atoms with van der Waals surface area (Å²) in [6, 6.07) is 0. The van der Waals surface area contributed by atoms with Crippen molar-refractivity contribution in [1.82, 2.24) is 0 Å². The maximum atomic E-state index is 4.54. The van der Waals surface area contributed by atoms with E-state index in [0.717, 1.165) is 5.92 Å². The third-order valence-corrected chi connectivity index (χ3v) is 2.96. The summed E-state index contributed by atoms with van der Waals surface area (Å²) in [6.45, 7) is 2.24. The molecule has 0 bridgehead atoms. The molecule has 1 unspecified atom stereocenters. The summed E-state index contributed by atoms with van der Waals surface area (Å²) in [6.07, 6.45) is 6.94. The molecule has 0 nitrogen and oxygen atoms in total. The molecule has 0 aromatic carbocycles. The van der Waals surface area contributed by atoms with Crippen LogP contribution in [-0.2, 0) is 0 Å². The van der Waals surface area contributed by atoms with Crippen LogP contribution in [0.5, 0.6) is 0 Å². The first-order chi connectivity index (χ1) is 4.34. The van der Waals surface area contributed by atoms with E-state index in [1.54, 1.807) is 0 Å². The molecule has 1 rings (SSSR count). The Kier molecular flexibility index (Phi) is 2.90. The van der Waals surface area contributed by atoms with Crippen molar-refractivity contribution < 1.29 is 0 Å². The molecule has 0 radical (unpaired) electrons. The Bertz CT molecular complexity index is 76.6. The summed E-state index contributed by atoms with van der Waals surface area (Å²) in [5.41, 5.74) is 0. The first-order valence-electron chi connectivity index (χ1n) is 4.02. The summed E-state index contributed by atoms with van der Waals surface area (Å²) < 4.78 is 0. The van der Waals surface area contributed by atoms with Crippen LogP contribution in [0.15, 0.2) is 0 Å². The van der Waals surface area contributed by atoms with E-state index in [1.165, 1.54) is 32.1 Å². The van der Waals surface area contributed by atoms with Crippen LogP contribution in [0.3, 0.4) is 0 Å². The molecule has 1 aliphatic rings. The normalized spacial score (nSPS) is 23.3. The molecule has 9 heavy (non-hydrogen) atoms. The zero-order chi connectivity index (χ0) is 6.69. The predicted octanol–water partition coefficient (Wildman–Crippen LogP) is 2.89. The van der Waals surface area contributed by atoms with E-state index in [9.17, 15) is 0 Å². The molecule has 0 N–H and O–H groups in total. The lowest BCUT2D eigenvalue weighted by atomic mass is 9.81. The largest absolute Gasteiger partial charge is 0.176 e. The molecule has 1 heteroatoms. The second-order valence-electron chi connectivity index (χ2n) is 3.05. The van der Waals surface area contributed by atoms with E-state index >= 15 is 0 Å². The SMILES string of the molecule is CCCC(S)C1CCC1. The highest BCUT2D eigenvalue weighted by Crippen LogP contribution is 2.33. The van der Waals surface area contributed by atoms with E-state index in [2.05, 4.69) is 19.6 Å². The van der Waals surface area contributed by atoms with Crippen molar-refractivity contribution in [2.45, 2.75) is 44.3 Å². The minimum Gasteiger partial charge on any atom is -0.176 e. The lowest BCUT2D eigenvalue weighted by Crippen LogP contribution is -2.21. The highest BCUT2D eigenvalue weighted by Gasteiger charge is 2.23. The number of rotatable bonds is 3. The van der Waals surface area contributed by atoms with Crippen molar-refractivity contribution >= 4 is 12.6 Å². The van der Waals surface area contributed by atoms with Crippen LogP contribution < -0.4 is 0 Å². The van der Waals surface area contributed by atoms with Crippen molar-refractivity contribution in [3.63, 3.8) is 0 Å². The molecule has 0 amide bonds. The standard InChI is InChI=1S/C8H16S/c1-2-4-8(9)7-5-3-6-7/h7-9H,2-6H2,1H3. The van der Waals surface area contributed by atoms with Gasteiger partial charge in [0.05, 0.1) is 0 Å². The lowest BCUT2D eigenvalue weighted by Gasteiger charge is -2.30. The van der Waals surface area contributed by atoms with Crippen LogP contribution >= 0.6 is 12.6 Å². The van der Waals surface area contributed by atoms with Crippen molar-refractivity contribution in [2.24, 2.45) is 5.92 Å². The van der Waals surface area contributed by atoms with Crippen LogP contribution in [0, 0.1) is 5.92 Å². The molecule has 54 valence electrons. The summed E-state index contributed by atoms with van der Waals surface area (Å²) in [4.78, 5) is 0. The van der Waals surface area contributed by atoms with Gasteiger partial charge in [0.2, 0.25) is 0 Å². The van der Waals surface area contributed by atoms with Crippen LogP contribution in [0.1, 0.15) is 39.0 Å². The fourth-order valence-electron chi connectivity index (χ4n) is 1.36. The van der Waals surface area contributed by atoms with Gasteiger partial charge in [0.25, 0.3) is 0 Å². The Labute approximate surface area is 63.4 Å². The highest BCUT2D eigenvalue weighted by atomic mass is 32.1. The van der Waals surface area contributed by atoms with Crippen molar-refractivity contribution in [2.75, 3.05) is 0 Å². The van der Waals surface area contributed by atoms with E-state index in [-0.39, 0.29) is 0 Å². The van der Waals surface area contributed by atoms with Gasteiger partial charge >= 0.3 is 0 Å². The third-order valence-electron chi connectivity index (χ3n) is 2.28. The Balaban J connectivity index is 2.08. The molecule has 0 aromatic rings. The number of hydrogen-bond donors (Lipinski definition) is 1. The molecule has 1 fully saturated rings. The summed E-state index contributed by atoms with van der Waals surface area (Å²) in [5.74, 6) is 0.966. The second kappa shape index (κ2) is 3.50. The first-order valence-corrected chi connectivity index (χ1v) is 4.54. The van der Waals surface area contributed by atoms with Gasteiger partial charge in [-0.3, -0.25) is 0 Å². The summed E-state index contributed by atoms with van der Waals surface area (Å²) in [5, 5.41) is 0.712. The van der Waals surface area contributed by atoms with Crippen LogP contribution in [0.2, 0.25) is 0 Å². The molecule has 0 saturated heterocycles. The molecule has 0 heterocycles. The topological polar surface area (TPSA) is 0 Å². The van der Waals surface area contributed by atoms with Crippen molar-refractivity contribution in [3.8, 4) is 0 Å². The fourth-order valence-corrected chi connectivity index (χ4v) is 1.91. The maximum Gasteiger partial charge on any atom is 0.00449 e. The number of thiol groups is 1. The Morgan fingerprint density at radius 2 is 2.22 bits per heavy atom. The molecule has 1 saturated carbocycles. The van der Waals surface area contributed by atoms with Gasteiger partial charge in [0.15, 0.2) is 0 Å². The molecule has 1 atom stereocenters. The van der Waals surface area contributed by atoms with Gasteiger partial charge in [-0.25, -0.2) is 0 Å². The zero-order valence-electron chi connectivity index (χ0n) is 6.14. The van der Waals surface area contributed by atoms with E-state index in [4.69, 9.17) is 0 Å². The molecular formula is C8H16S.